The van der Waals surface area contributed by atoms with E-state index in [0.29, 0.717) is 11.5 Å². The molecule has 0 amide bonds. The van der Waals surface area contributed by atoms with Gasteiger partial charge >= 0.3 is 0 Å². The van der Waals surface area contributed by atoms with Crippen LogP contribution >= 0.6 is 12.2 Å². The molecule has 2 rings (SSSR count). The average Bonchev–Trinajstić information content (AvgIpc) is 2.59. The third-order valence-corrected chi connectivity index (χ3v) is 5.88. The van der Waals surface area contributed by atoms with Crippen LogP contribution in [0.15, 0.2) is 18.2 Å². The molecule has 0 aromatic heterocycles. The van der Waals surface area contributed by atoms with E-state index in [0.717, 1.165) is 11.3 Å². The highest BCUT2D eigenvalue weighted by atomic mass is 32.2. The Labute approximate surface area is 125 Å². The van der Waals surface area contributed by atoms with Gasteiger partial charge in [0, 0.05) is 5.69 Å². The highest BCUT2D eigenvalue weighted by Gasteiger charge is 2.38. The lowest BCUT2D eigenvalue weighted by Gasteiger charge is -2.26. The van der Waals surface area contributed by atoms with Gasteiger partial charge in [0.05, 0.1) is 17.0 Å². The predicted molar refractivity (Wildman–Crippen MR) is 86.9 cm³/mol. The second-order valence-electron chi connectivity index (χ2n) is 5.73. The maximum atomic E-state index is 11.6. The molecule has 0 aliphatic carbocycles. The first kappa shape index (κ1) is 15.3. The predicted octanol–water partition coefficient (Wildman–Crippen LogP) is 2.17. The van der Waals surface area contributed by atoms with Gasteiger partial charge in [0.25, 0.3) is 0 Å². The molecule has 20 heavy (non-hydrogen) atoms. The molecule has 110 valence electrons. The van der Waals surface area contributed by atoms with Crippen LogP contribution < -0.4 is 10.6 Å². The van der Waals surface area contributed by atoms with Gasteiger partial charge < -0.3 is 10.6 Å². The molecule has 1 aromatic rings. The molecule has 0 bridgehead atoms. The van der Waals surface area contributed by atoms with Crippen LogP contribution in [0.3, 0.4) is 0 Å². The number of nitrogens with one attached hydrogen (secondary N) is 2. The Morgan fingerprint density at radius 1 is 1.35 bits per heavy atom. The molecule has 1 aliphatic rings. The highest BCUT2D eigenvalue weighted by Crippen LogP contribution is 2.23. The van der Waals surface area contributed by atoms with Crippen molar-refractivity contribution in [1.82, 2.24) is 5.32 Å². The van der Waals surface area contributed by atoms with Crippen LogP contribution in [0.2, 0.25) is 0 Å². The standard InChI is InChI=1S/C14H20N2O2S2/c1-10-5-4-6-12(11(10)2)15-13(19)16-14(3)7-8-20(17,18)9-14/h4-6H,7-9H2,1-3H3,(H2,15,16,19)/t14-/m0/s1. The largest absolute Gasteiger partial charge is 0.356 e. The summed E-state index contributed by atoms with van der Waals surface area (Å²) in [6.07, 6.45) is 0.587. The van der Waals surface area contributed by atoms with Gasteiger partial charge in [-0.05, 0) is 56.6 Å². The van der Waals surface area contributed by atoms with Gasteiger partial charge in [-0.1, -0.05) is 12.1 Å². The number of hydrogen-bond donors (Lipinski definition) is 2. The summed E-state index contributed by atoms with van der Waals surface area (Å²) < 4.78 is 23.2. The summed E-state index contributed by atoms with van der Waals surface area (Å²) in [5.74, 6) is 0.358. The van der Waals surface area contributed by atoms with Gasteiger partial charge in [-0.15, -0.1) is 0 Å². The number of anilines is 1. The zero-order valence-corrected chi connectivity index (χ0v) is 13.6. The summed E-state index contributed by atoms with van der Waals surface area (Å²) >= 11 is 5.31. The van der Waals surface area contributed by atoms with E-state index in [1.54, 1.807) is 0 Å². The number of benzene rings is 1. The van der Waals surface area contributed by atoms with E-state index >= 15 is 0 Å². The Bertz CT molecular complexity index is 641. The van der Waals surface area contributed by atoms with Gasteiger partial charge in [0.1, 0.15) is 0 Å². The maximum absolute atomic E-state index is 11.6. The lowest BCUT2D eigenvalue weighted by atomic mass is 10.0. The van der Waals surface area contributed by atoms with Crippen molar-refractivity contribution in [3.63, 3.8) is 0 Å². The minimum Gasteiger partial charge on any atom is -0.356 e. The van der Waals surface area contributed by atoms with Crippen molar-refractivity contribution in [2.45, 2.75) is 32.7 Å². The van der Waals surface area contributed by atoms with Crippen LogP contribution in [-0.2, 0) is 9.84 Å². The maximum Gasteiger partial charge on any atom is 0.171 e. The molecule has 1 saturated heterocycles. The minimum absolute atomic E-state index is 0.134. The van der Waals surface area contributed by atoms with Gasteiger partial charge in [-0.3, -0.25) is 0 Å². The second kappa shape index (κ2) is 5.33. The van der Waals surface area contributed by atoms with E-state index in [1.807, 2.05) is 39.0 Å². The Hall–Kier alpha value is -1.14. The molecule has 1 atom stereocenters. The Kier molecular flexibility index (Phi) is 4.07. The molecule has 1 aliphatic heterocycles. The third kappa shape index (κ3) is 3.49. The first-order chi connectivity index (χ1) is 9.21. The van der Waals surface area contributed by atoms with Crippen LogP contribution in [0.4, 0.5) is 5.69 Å². The second-order valence-corrected chi connectivity index (χ2v) is 8.32. The smallest absolute Gasteiger partial charge is 0.171 e. The third-order valence-electron chi connectivity index (χ3n) is 3.77. The van der Waals surface area contributed by atoms with E-state index in [-0.39, 0.29) is 11.5 Å². The quantitative estimate of drug-likeness (QED) is 0.820. The van der Waals surface area contributed by atoms with Crippen LogP contribution in [0.25, 0.3) is 0 Å². The molecule has 0 unspecified atom stereocenters. The van der Waals surface area contributed by atoms with Gasteiger partial charge in [0.15, 0.2) is 14.9 Å². The molecule has 6 heteroatoms. The lowest BCUT2D eigenvalue weighted by molar-refractivity contribution is 0.474. The molecule has 1 fully saturated rings. The fourth-order valence-electron chi connectivity index (χ4n) is 2.42. The zero-order valence-electron chi connectivity index (χ0n) is 12.0. The van der Waals surface area contributed by atoms with Gasteiger partial charge in [0.2, 0.25) is 0 Å². The summed E-state index contributed by atoms with van der Waals surface area (Å²) in [6, 6.07) is 5.97. The molecule has 0 spiro atoms. The number of hydrogen-bond acceptors (Lipinski definition) is 3. The molecule has 4 nitrogen and oxygen atoms in total. The van der Waals surface area contributed by atoms with Crippen molar-refractivity contribution < 1.29 is 8.42 Å². The normalized spacial score (nSPS) is 24.4. The Morgan fingerprint density at radius 2 is 2.05 bits per heavy atom. The van der Waals surface area contributed by atoms with E-state index in [1.165, 1.54) is 5.56 Å². The molecule has 2 N–H and O–H groups in total. The number of rotatable bonds is 2. The average molecular weight is 312 g/mol. The number of sulfone groups is 1. The van der Waals surface area contributed by atoms with Crippen molar-refractivity contribution in [3.05, 3.63) is 29.3 Å². The lowest BCUT2D eigenvalue weighted by Crippen LogP contribution is -2.48. The van der Waals surface area contributed by atoms with E-state index < -0.39 is 15.4 Å². The monoisotopic (exact) mass is 312 g/mol. The van der Waals surface area contributed by atoms with Crippen LogP contribution in [-0.4, -0.2) is 30.6 Å². The fourth-order valence-corrected chi connectivity index (χ4v) is 4.87. The molecule has 0 radical (unpaired) electrons. The zero-order chi connectivity index (χ0) is 15.0. The molecular weight excluding hydrogens is 292 g/mol. The summed E-state index contributed by atoms with van der Waals surface area (Å²) in [4.78, 5) is 0. The van der Waals surface area contributed by atoms with E-state index in [9.17, 15) is 8.42 Å². The number of aryl methyl sites for hydroxylation is 1. The summed E-state index contributed by atoms with van der Waals surface area (Å²) in [7, 11) is -2.94. The van der Waals surface area contributed by atoms with Crippen molar-refractivity contribution in [2.24, 2.45) is 0 Å². The highest BCUT2D eigenvalue weighted by molar-refractivity contribution is 7.91. The van der Waals surface area contributed by atoms with E-state index in [4.69, 9.17) is 12.2 Å². The molecule has 1 heterocycles. The van der Waals surface area contributed by atoms with Crippen molar-refractivity contribution >= 4 is 32.9 Å². The molecular formula is C14H20N2O2S2. The van der Waals surface area contributed by atoms with Crippen LogP contribution in [0.1, 0.15) is 24.5 Å². The molecule has 0 saturated carbocycles. The van der Waals surface area contributed by atoms with Gasteiger partial charge in [-0.2, -0.15) is 0 Å². The van der Waals surface area contributed by atoms with Crippen molar-refractivity contribution in [2.75, 3.05) is 16.8 Å². The minimum atomic E-state index is -2.94. The summed E-state index contributed by atoms with van der Waals surface area (Å²) in [5.41, 5.74) is 2.81. The van der Waals surface area contributed by atoms with E-state index in [2.05, 4.69) is 10.6 Å². The fraction of sp³-hybridized carbons (Fsp3) is 0.500. The SMILES string of the molecule is Cc1cccc(NC(=S)N[C@@]2(C)CCS(=O)(=O)C2)c1C. The van der Waals surface area contributed by atoms with Gasteiger partial charge in [-0.25, -0.2) is 8.42 Å². The Balaban J connectivity index is 2.05. The van der Waals surface area contributed by atoms with Crippen molar-refractivity contribution in [3.8, 4) is 0 Å². The molecule has 1 aromatic carbocycles. The topological polar surface area (TPSA) is 58.2 Å². The van der Waals surface area contributed by atoms with Crippen LogP contribution in [0.5, 0.6) is 0 Å². The summed E-state index contributed by atoms with van der Waals surface area (Å²) in [6.45, 7) is 5.97. The summed E-state index contributed by atoms with van der Waals surface area (Å²) in [5, 5.41) is 6.77. The first-order valence-electron chi connectivity index (χ1n) is 6.57. The van der Waals surface area contributed by atoms with Crippen molar-refractivity contribution in [1.29, 1.82) is 0 Å². The first-order valence-corrected chi connectivity index (χ1v) is 8.80. The Morgan fingerprint density at radius 3 is 2.65 bits per heavy atom. The number of thiocarbonyl (C=S) groups is 1. The van der Waals surface area contributed by atoms with Crippen LogP contribution in [0, 0.1) is 13.8 Å².